The second-order valence-electron chi connectivity index (χ2n) is 6.25. The van der Waals surface area contributed by atoms with E-state index in [4.69, 9.17) is 0 Å². The number of hydrogen-bond donors (Lipinski definition) is 1. The predicted octanol–water partition coefficient (Wildman–Crippen LogP) is 2.89. The summed E-state index contributed by atoms with van der Waals surface area (Å²) >= 11 is 0. The Bertz CT molecular complexity index is 217. The zero-order valence-electron chi connectivity index (χ0n) is 11.8. The second kappa shape index (κ2) is 6.75. The van der Waals surface area contributed by atoms with Crippen LogP contribution in [0.15, 0.2) is 0 Å². The van der Waals surface area contributed by atoms with Crippen molar-refractivity contribution in [1.82, 2.24) is 10.2 Å². The highest BCUT2D eigenvalue weighted by atomic mass is 15.1. The summed E-state index contributed by atoms with van der Waals surface area (Å²) in [6.07, 6.45) is 9.99. The summed E-state index contributed by atoms with van der Waals surface area (Å²) in [5.74, 6) is 1.90. The first-order valence-electron chi connectivity index (χ1n) is 7.69. The summed E-state index contributed by atoms with van der Waals surface area (Å²) in [6.45, 7) is 6.45. The van der Waals surface area contributed by atoms with Crippen molar-refractivity contribution in [2.75, 3.05) is 26.7 Å². The van der Waals surface area contributed by atoms with E-state index in [1.165, 1.54) is 64.6 Å². The predicted molar refractivity (Wildman–Crippen MR) is 74.3 cm³/mol. The minimum atomic E-state index is 0.806. The second-order valence-corrected chi connectivity index (χ2v) is 6.25. The van der Waals surface area contributed by atoms with Crippen molar-refractivity contribution in [2.45, 2.75) is 57.9 Å². The van der Waals surface area contributed by atoms with E-state index in [1.807, 2.05) is 0 Å². The summed E-state index contributed by atoms with van der Waals surface area (Å²) in [4.78, 5) is 2.72. The summed E-state index contributed by atoms with van der Waals surface area (Å²) in [7, 11) is 2.14. The van der Waals surface area contributed by atoms with E-state index >= 15 is 0 Å². The van der Waals surface area contributed by atoms with Crippen LogP contribution in [-0.4, -0.2) is 37.6 Å². The van der Waals surface area contributed by atoms with Gasteiger partial charge >= 0.3 is 0 Å². The van der Waals surface area contributed by atoms with Crippen molar-refractivity contribution in [3.63, 3.8) is 0 Å². The van der Waals surface area contributed by atoms with Gasteiger partial charge in [0.25, 0.3) is 0 Å². The molecule has 0 bridgehead atoms. The molecule has 1 heterocycles. The van der Waals surface area contributed by atoms with Gasteiger partial charge in [-0.2, -0.15) is 0 Å². The van der Waals surface area contributed by atoms with Gasteiger partial charge in [0.15, 0.2) is 0 Å². The van der Waals surface area contributed by atoms with Gasteiger partial charge in [-0.25, -0.2) is 0 Å². The summed E-state index contributed by atoms with van der Waals surface area (Å²) < 4.78 is 0. The van der Waals surface area contributed by atoms with Crippen LogP contribution in [0.1, 0.15) is 51.9 Å². The molecule has 3 unspecified atom stereocenters. The van der Waals surface area contributed by atoms with Crippen molar-refractivity contribution < 1.29 is 0 Å². The number of likely N-dealkylation sites (tertiary alicyclic amines) is 1. The molecule has 1 aliphatic heterocycles. The first kappa shape index (κ1) is 13.4. The van der Waals surface area contributed by atoms with Crippen molar-refractivity contribution in [3.8, 4) is 0 Å². The summed E-state index contributed by atoms with van der Waals surface area (Å²) in [5, 5.41) is 3.50. The Morgan fingerprint density at radius 3 is 2.76 bits per heavy atom. The molecule has 1 N–H and O–H groups in total. The molecule has 2 rings (SSSR count). The third-order valence-electron chi connectivity index (χ3n) is 4.96. The van der Waals surface area contributed by atoms with E-state index in [1.54, 1.807) is 0 Å². The standard InChI is InChI=1S/C15H30N2/c1-13-5-4-10-17(11-8-13)12-9-14-6-3-7-15(14)16-2/h13-16H,3-12H2,1-2H3. The topological polar surface area (TPSA) is 15.3 Å². The normalized spacial score (nSPS) is 36.0. The SMILES string of the molecule is CNC1CCCC1CCN1CCCC(C)CC1. The van der Waals surface area contributed by atoms with Gasteiger partial charge in [-0.3, -0.25) is 0 Å². The van der Waals surface area contributed by atoms with Crippen LogP contribution in [0.5, 0.6) is 0 Å². The van der Waals surface area contributed by atoms with Gasteiger partial charge in [-0.15, -0.1) is 0 Å². The highest BCUT2D eigenvalue weighted by Gasteiger charge is 2.26. The Labute approximate surface area is 107 Å². The number of hydrogen-bond acceptors (Lipinski definition) is 2. The molecule has 2 heteroatoms. The molecule has 0 radical (unpaired) electrons. The fourth-order valence-electron chi connectivity index (χ4n) is 3.66. The molecule has 1 saturated heterocycles. The zero-order valence-corrected chi connectivity index (χ0v) is 11.8. The van der Waals surface area contributed by atoms with Gasteiger partial charge in [0.05, 0.1) is 0 Å². The van der Waals surface area contributed by atoms with Gasteiger partial charge in [0, 0.05) is 6.04 Å². The number of nitrogens with one attached hydrogen (secondary N) is 1. The molecule has 0 aromatic carbocycles. The third-order valence-corrected chi connectivity index (χ3v) is 4.96. The average molecular weight is 238 g/mol. The summed E-state index contributed by atoms with van der Waals surface area (Å²) in [6, 6.07) is 0.806. The van der Waals surface area contributed by atoms with Crippen LogP contribution in [0.4, 0.5) is 0 Å². The zero-order chi connectivity index (χ0) is 12.1. The first-order chi connectivity index (χ1) is 8.29. The molecule has 2 fully saturated rings. The fraction of sp³-hybridized carbons (Fsp3) is 1.00. The molecule has 0 amide bonds. The lowest BCUT2D eigenvalue weighted by Crippen LogP contribution is -2.33. The molecule has 0 aromatic rings. The van der Waals surface area contributed by atoms with Crippen LogP contribution in [0, 0.1) is 11.8 Å². The number of nitrogens with zero attached hydrogens (tertiary/aromatic N) is 1. The van der Waals surface area contributed by atoms with E-state index in [2.05, 4.69) is 24.2 Å². The highest BCUT2D eigenvalue weighted by Crippen LogP contribution is 2.28. The lowest BCUT2D eigenvalue weighted by atomic mass is 9.99. The van der Waals surface area contributed by atoms with Gasteiger partial charge in [-0.1, -0.05) is 13.3 Å². The van der Waals surface area contributed by atoms with Crippen LogP contribution >= 0.6 is 0 Å². The largest absolute Gasteiger partial charge is 0.317 e. The monoisotopic (exact) mass is 238 g/mol. The molecule has 17 heavy (non-hydrogen) atoms. The fourth-order valence-corrected chi connectivity index (χ4v) is 3.66. The first-order valence-corrected chi connectivity index (χ1v) is 7.69. The minimum absolute atomic E-state index is 0.806. The molecular formula is C15H30N2. The van der Waals surface area contributed by atoms with E-state index in [-0.39, 0.29) is 0 Å². The van der Waals surface area contributed by atoms with Crippen LogP contribution in [0.3, 0.4) is 0 Å². The van der Waals surface area contributed by atoms with Gasteiger partial charge in [-0.05, 0) is 77.0 Å². The Balaban J connectivity index is 1.70. The Kier molecular flexibility index (Phi) is 5.30. The van der Waals surface area contributed by atoms with Crippen LogP contribution < -0.4 is 5.32 Å². The molecule has 1 saturated carbocycles. The van der Waals surface area contributed by atoms with Crippen LogP contribution in [-0.2, 0) is 0 Å². The van der Waals surface area contributed by atoms with Gasteiger partial charge in [0.2, 0.25) is 0 Å². The van der Waals surface area contributed by atoms with Crippen LogP contribution in [0.2, 0.25) is 0 Å². The van der Waals surface area contributed by atoms with E-state index < -0.39 is 0 Å². The van der Waals surface area contributed by atoms with E-state index in [9.17, 15) is 0 Å². The molecule has 0 spiro atoms. The van der Waals surface area contributed by atoms with E-state index in [0.29, 0.717) is 0 Å². The van der Waals surface area contributed by atoms with Crippen molar-refractivity contribution in [2.24, 2.45) is 11.8 Å². The Morgan fingerprint density at radius 2 is 1.94 bits per heavy atom. The van der Waals surface area contributed by atoms with Crippen molar-refractivity contribution >= 4 is 0 Å². The maximum atomic E-state index is 3.50. The summed E-state index contributed by atoms with van der Waals surface area (Å²) in [5.41, 5.74) is 0. The highest BCUT2D eigenvalue weighted by molar-refractivity contribution is 4.83. The molecule has 3 atom stereocenters. The van der Waals surface area contributed by atoms with Crippen molar-refractivity contribution in [1.29, 1.82) is 0 Å². The maximum absolute atomic E-state index is 3.50. The minimum Gasteiger partial charge on any atom is -0.317 e. The Morgan fingerprint density at radius 1 is 1.06 bits per heavy atom. The lowest BCUT2D eigenvalue weighted by molar-refractivity contribution is 0.248. The maximum Gasteiger partial charge on any atom is 0.00928 e. The smallest absolute Gasteiger partial charge is 0.00928 e. The molecule has 0 aromatic heterocycles. The number of rotatable bonds is 4. The van der Waals surface area contributed by atoms with Gasteiger partial charge < -0.3 is 10.2 Å². The Hall–Kier alpha value is -0.0800. The van der Waals surface area contributed by atoms with Gasteiger partial charge in [0.1, 0.15) is 0 Å². The lowest BCUT2D eigenvalue weighted by Gasteiger charge is -2.24. The third kappa shape index (κ3) is 3.96. The van der Waals surface area contributed by atoms with E-state index in [0.717, 1.165) is 17.9 Å². The van der Waals surface area contributed by atoms with Crippen molar-refractivity contribution in [3.05, 3.63) is 0 Å². The quantitative estimate of drug-likeness (QED) is 0.810. The molecular weight excluding hydrogens is 208 g/mol. The van der Waals surface area contributed by atoms with Crippen LogP contribution in [0.25, 0.3) is 0 Å². The molecule has 2 aliphatic rings. The molecule has 2 nitrogen and oxygen atoms in total. The average Bonchev–Trinajstić information content (AvgIpc) is 2.69. The molecule has 100 valence electrons. The molecule has 1 aliphatic carbocycles.